The molecule has 0 radical (unpaired) electrons. The van der Waals surface area contributed by atoms with Crippen LogP contribution < -0.4 is 5.32 Å². The second-order valence-corrected chi connectivity index (χ2v) is 4.97. The summed E-state index contributed by atoms with van der Waals surface area (Å²) >= 11 is 0. The van der Waals surface area contributed by atoms with Gasteiger partial charge in [0.15, 0.2) is 0 Å². The van der Waals surface area contributed by atoms with E-state index in [0.29, 0.717) is 6.04 Å². The second-order valence-electron chi connectivity index (χ2n) is 4.97. The highest BCUT2D eigenvalue weighted by atomic mass is 15.0. The lowest BCUT2D eigenvalue weighted by Crippen LogP contribution is -2.30. The predicted molar refractivity (Wildman–Crippen MR) is 66.1 cm³/mol. The quantitative estimate of drug-likeness (QED) is 0.777. The van der Waals surface area contributed by atoms with Crippen LogP contribution in [-0.2, 0) is 0 Å². The molecule has 0 bridgehead atoms. The van der Waals surface area contributed by atoms with Crippen molar-refractivity contribution in [3.63, 3.8) is 0 Å². The molecule has 1 aromatic rings. The van der Waals surface area contributed by atoms with E-state index in [4.69, 9.17) is 0 Å². The van der Waals surface area contributed by atoms with Crippen LogP contribution in [0, 0.1) is 12.8 Å². The largest absolute Gasteiger partial charge is 0.310 e. The number of aryl methyl sites for hydroxylation is 1. The first-order valence-corrected chi connectivity index (χ1v) is 6.20. The van der Waals surface area contributed by atoms with Crippen LogP contribution in [-0.4, -0.2) is 17.6 Å². The van der Waals surface area contributed by atoms with Gasteiger partial charge < -0.3 is 5.32 Å². The van der Waals surface area contributed by atoms with Gasteiger partial charge in [0, 0.05) is 18.4 Å². The molecular formula is C14H18N2. The lowest BCUT2D eigenvalue weighted by Gasteiger charge is -2.27. The lowest BCUT2D eigenvalue weighted by atomic mass is 9.82. The zero-order valence-corrected chi connectivity index (χ0v) is 9.74. The maximum atomic E-state index is 4.30. The Bertz CT molecular complexity index is 422. The summed E-state index contributed by atoms with van der Waals surface area (Å²) in [5.74, 6) is 0.848. The van der Waals surface area contributed by atoms with Crippen molar-refractivity contribution in [1.29, 1.82) is 0 Å². The Labute approximate surface area is 96.8 Å². The zero-order chi connectivity index (χ0) is 11.0. The molecular weight excluding hydrogens is 196 g/mol. The number of pyridine rings is 1. The van der Waals surface area contributed by atoms with E-state index in [1.165, 1.54) is 42.5 Å². The third kappa shape index (κ3) is 1.67. The van der Waals surface area contributed by atoms with Crippen LogP contribution in [0.4, 0.5) is 0 Å². The van der Waals surface area contributed by atoms with Crippen molar-refractivity contribution >= 4 is 5.57 Å². The maximum Gasteiger partial charge on any atom is 0.0352 e. The lowest BCUT2D eigenvalue weighted by molar-refractivity contribution is 0.470. The van der Waals surface area contributed by atoms with Gasteiger partial charge in [0.05, 0.1) is 0 Å². The standard InChI is InChI=1S/C14H18N2/c1-10-7-12(9-15-8-10)13-4-2-3-11-5-6-16-14(11)13/h4,7-9,11,14,16H,2-3,5-6H2,1H3/t11-,14+/m1/s1. The number of rotatable bonds is 1. The van der Waals surface area contributed by atoms with Gasteiger partial charge >= 0.3 is 0 Å². The van der Waals surface area contributed by atoms with E-state index >= 15 is 0 Å². The zero-order valence-electron chi connectivity index (χ0n) is 9.74. The number of allylic oxidation sites excluding steroid dienone is 1. The Morgan fingerprint density at radius 3 is 3.12 bits per heavy atom. The van der Waals surface area contributed by atoms with Gasteiger partial charge in [0.2, 0.25) is 0 Å². The number of hydrogen-bond donors (Lipinski definition) is 1. The number of aromatic nitrogens is 1. The average molecular weight is 214 g/mol. The van der Waals surface area contributed by atoms with Crippen molar-refractivity contribution in [3.05, 3.63) is 35.7 Å². The highest BCUT2D eigenvalue weighted by Gasteiger charge is 2.32. The SMILES string of the molecule is Cc1cncc(C2=CCC[C@@H]3CCN[C@H]23)c1. The number of fused-ring (bicyclic) bond motifs is 1. The van der Waals surface area contributed by atoms with Gasteiger partial charge in [-0.2, -0.15) is 0 Å². The molecule has 2 heterocycles. The summed E-state index contributed by atoms with van der Waals surface area (Å²) in [4.78, 5) is 4.30. The molecule has 0 unspecified atom stereocenters. The van der Waals surface area contributed by atoms with Crippen molar-refractivity contribution in [2.45, 2.75) is 32.2 Å². The van der Waals surface area contributed by atoms with Gasteiger partial charge in [0.25, 0.3) is 0 Å². The first-order valence-electron chi connectivity index (χ1n) is 6.20. The summed E-state index contributed by atoms with van der Waals surface area (Å²) in [5.41, 5.74) is 4.03. The van der Waals surface area contributed by atoms with E-state index in [2.05, 4.69) is 29.4 Å². The molecule has 1 fully saturated rings. The minimum atomic E-state index is 0.581. The molecule has 2 nitrogen and oxygen atoms in total. The second kappa shape index (κ2) is 4.02. The van der Waals surface area contributed by atoms with Crippen molar-refractivity contribution in [3.8, 4) is 0 Å². The summed E-state index contributed by atoms with van der Waals surface area (Å²) in [7, 11) is 0. The maximum absolute atomic E-state index is 4.30. The molecule has 2 atom stereocenters. The molecule has 1 aliphatic carbocycles. The van der Waals surface area contributed by atoms with Crippen LogP contribution in [0.15, 0.2) is 24.5 Å². The van der Waals surface area contributed by atoms with E-state index in [9.17, 15) is 0 Å². The molecule has 3 rings (SSSR count). The topological polar surface area (TPSA) is 24.9 Å². The number of nitrogens with one attached hydrogen (secondary N) is 1. The molecule has 0 saturated carbocycles. The summed E-state index contributed by atoms with van der Waals surface area (Å²) in [6.07, 6.45) is 10.2. The van der Waals surface area contributed by atoms with Crippen LogP contribution in [0.1, 0.15) is 30.4 Å². The average Bonchev–Trinajstić information content (AvgIpc) is 2.76. The Morgan fingerprint density at radius 2 is 2.25 bits per heavy atom. The van der Waals surface area contributed by atoms with Gasteiger partial charge in [-0.1, -0.05) is 6.08 Å². The van der Waals surface area contributed by atoms with Crippen LogP contribution in [0.2, 0.25) is 0 Å². The molecule has 1 N–H and O–H groups in total. The first kappa shape index (κ1) is 10.0. The third-order valence-corrected chi connectivity index (χ3v) is 3.80. The molecule has 0 aromatic carbocycles. The fourth-order valence-electron chi connectivity index (χ4n) is 3.02. The Balaban J connectivity index is 1.96. The Kier molecular flexibility index (Phi) is 2.52. The summed E-state index contributed by atoms with van der Waals surface area (Å²) in [6.45, 7) is 3.28. The molecule has 0 amide bonds. The van der Waals surface area contributed by atoms with Crippen LogP contribution in [0.25, 0.3) is 5.57 Å². The molecule has 84 valence electrons. The highest BCUT2D eigenvalue weighted by molar-refractivity contribution is 5.70. The Hall–Kier alpha value is -1.15. The van der Waals surface area contributed by atoms with Gasteiger partial charge in [-0.25, -0.2) is 0 Å². The van der Waals surface area contributed by atoms with Gasteiger partial charge in [-0.05, 0) is 61.4 Å². The minimum absolute atomic E-state index is 0.581. The molecule has 1 aromatic heterocycles. The smallest absolute Gasteiger partial charge is 0.0352 e. The molecule has 2 heteroatoms. The van der Waals surface area contributed by atoms with Crippen LogP contribution in [0.5, 0.6) is 0 Å². The van der Waals surface area contributed by atoms with E-state index in [-0.39, 0.29) is 0 Å². The highest BCUT2D eigenvalue weighted by Crippen LogP contribution is 2.35. The van der Waals surface area contributed by atoms with Crippen LogP contribution >= 0.6 is 0 Å². The molecule has 1 saturated heterocycles. The monoisotopic (exact) mass is 214 g/mol. The first-order chi connectivity index (χ1) is 7.84. The predicted octanol–water partition coefficient (Wildman–Crippen LogP) is 2.55. The van der Waals surface area contributed by atoms with E-state index in [1.54, 1.807) is 0 Å². The minimum Gasteiger partial charge on any atom is -0.310 e. The fraction of sp³-hybridized carbons (Fsp3) is 0.500. The summed E-state index contributed by atoms with van der Waals surface area (Å²) < 4.78 is 0. The van der Waals surface area contributed by atoms with Crippen molar-refractivity contribution in [1.82, 2.24) is 10.3 Å². The van der Waals surface area contributed by atoms with E-state index < -0.39 is 0 Å². The van der Waals surface area contributed by atoms with Crippen molar-refractivity contribution < 1.29 is 0 Å². The van der Waals surface area contributed by atoms with Crippen molar-refractivity contribution in [2.24, 2.45) is 5.92 Å². The van der Waals surface area contributed by atoms with Gasteiger partial charge in [0.1, 0.15) is 0 Å². The fourth-order valence-corrected chi connectivity index (χ4v) is 3.02. The van der Waals surface area contributed by atoms with Gasteiger partial charge in [-0.3, -0.25) is 4.98 Å². The summed E-state index contributed by atoms with van der Waals surface area (Å²) in [6, 6.07) is 2.83. The van der Waals surface area contributed by atoms with Crippen molar-refractivity contribution in [2.75, 3.05) is 6.54 Å². The summed E-state index contributed by atoms with van der Waals surface area (Å²) in [5, 5.41) is 3.63. The Morgan fingerprint density at radius 1 is 1.31 bits per heavy atom. The van der Waals surface area contributed by atoms with Crippen LogP contribution in [0.3, 0.4) is 0 Å². The molecule has 0 spiro atoms. The molecule has 2 aliphatic rings. The van der Waals surface area contributed by atoms with Gasteiger partial charge in [-0.15, -0.1) is 0 Å². The third-order valence-electron chi connectivity index (χ3n) is 3.80. The number of hydrogen-bond acceptors (Lipinski definition) is 2. The molecule has 16 heavy (non-hydrogen) atoms. The van der Waals surface area contributed by atoms with E-state index in [0.717, 1.165) is 5.92 Å². The normalized spacial score (nSPS) is 28.7. The van der Waals surface area contributed by atoms with E-state index in [1.807, 2.05) is 12.4 Å². The number of nitrogens with zero attached hydrogens (tertiary/aromatic N) is 1. The molecule has 1 aliphatic heterocycles.